The number of carbonyl (C=O) groups excluding carboxylic acids is 5. The van der Waals surface area contributed by atoms with Crippen molar-refractivity contribution >= 4 is 41.4 Å². The van der Waals surface area contributed by atoms with E-state index in [1.807, 2.05) is 0 Å². The number of hydrogen-bond donors (Lipinski definition) is 0. The van der Waals surface area contributed by atoms with Crippen LogP contribution in [0.1, 0.15) is 57.0 Å². The maximum absolute atomic E-state index is 12.6. The second-order valence-electron chi connectivity index (χ2n) is 7.41. The van der Waals surface area contributed by atoms with Gasteiger partial charge in [-0.1, -0.05) is 0 Å². The molecule has 1 aliphatic heterocycles. The Bertz CT molecular complexity index is 963. The van der Waals surface area contributed by atoms with Crippen molar-refractivity contribution in [3.05, 3.63) is 17.5 Å². The van der Waals surface area contributed by atoms with E-state index >= 15 is 0 Å². The number of rotatable bonds is 9. The molecule has 0 bridgehead atoms. The zero-order valence-electron chi connectivity index (χ0n) is 19.8. The number of halogens is 1. The monoisotopic (exact) mass is 518 g/mol. The van der Waals surface area contributed by atoms with E-state index in [9.17, 15) is 24.0 Å². The van der Waals surface area contributed by atoms with E-state index in [4.69, 9.17) is 40.0 Å². The van der Waals surface area contributed by atoms with Crippen LogP contribution in [0.3, 0.4) is 0 Å². The average molecular weight is 519 g/mol. The van der Waals surface area contributed by atoms with Gasteiger partial charge >= 0.3 is 29.8 Å². The van der Waals surface area contributed by atoms with Gasteiger partial charge in [-0.05, 0) is 13.0 Å². The summed E-state index contributed by atoms with van der Waals surface area (Å²) in [6, 6.07) is 1.36. The van der Waals surface area contributed by atoms with Crippen LogP contribution in [0.4, 0.5) is 0 Å². The molecule has 2 heterocycles. The van der Waals surface area contributed by atoms with Crippen molar-refractivity contribution in [3.8, 4) is 0 Å². The second-order valence-corrected chi connectivity index (χ2v) is 7.68. The third-order valence-corrected chi connectivity index (χ3v) is 4.89. The van der Waals surface area contributed by atoms with E-state index in [2.05, 4.69) is 5.10 Å². The van der Waals surface area contributed by atoms with Gasteiger partial charge in [0.25, 0.3) is 0 Å². The van der Waals surface area contributed by atoms with Gasteiger partial charge in [0.2, 0.25) is 0 Å². The molecular weight excluding hydrogens is 492 g/mol. The average Bonchev–Trinajstić information content (AvgIpc) is 3.19. The second kappa shape index (κ2) is 12.5. The van der Waals surface area contributed by atoms with Crippen LogP contribution >= 0.6 is 11.6 Å². The lowest BCUT2D eigenvalue weighted by molar-refractivity contribution is -0.270. The highest BCUT2D eigenvalue weighted by atomic mass is 35.5. The number of ether oxygens (including phenoxy) is 6. The summed E-state index contributed by atoms with van der Waals surface area (Å²) in [7, 11) is 0. The summed E-state index contributed by atoms with van der Waals surface area (Å²) in [6.07, 6.45) is -6.80. The lowest BCUT2D eigenvalue weighted by Crippen LogP contribution is -2.61. The maximum atomic E-state index is 12.6. The SMILES string of the molecule is CCOC(=O)c1cc(CCl)nn1C1O[C@H](COC(C)=O)[C@@H](OC(C)=O)[C@H](OC(C)=O)[C@H]1OC(C)=O. The van der Waals surface area contributed by atoms with Crippen LogP contribution in [0.5, 0.6) is 0 Å². The molecule has 0 aromatic carbocycles. The molecule has 35 heavy (non-hydrogen) atoms. The number of nitrogens with zero attached hydrogens (tertiary/aromatic N) is 2. The van der Waals surface area contributed by atoms with Gasteiger partial charge in [0, 0.05) is 27.7 Å². The van der Waals surface area contributed by atoms with Gasteiger partial charge in [0.05, 0.1) is 18.2 Å². The molecule has 5 atom stereocenters. The van der Waals surface area contributed by atoms with Gasteiger partial charge < -0.3 is 28.4 Å². The fraction of sp³-hybridized carbons (Fsp3) is 0.619. The molecule has 1 aliphatic rings. The standard InChI is InChI=1S/C21H27ClN2O11/c1-6-30-21(29)15-7-14(8-22)23-24(15)20-19(34-13(5)28)18(33-12(4)27)17(32-11(3)26)16(35-20)9-31-10(2)25/h7,16-20H,6,8-9H2,1-5H3/t16-,17-,18+,19-,20?/m1/s1. The summed E-state index contributed by atoms with van der Waals surface area (Å²) >= 11 is 5.91. The highest BCUT2D eigenvalue weighted by Gasteiger charge is 2.53. The Labute approximate surface area is 205 Å². The molecule has 1 saturated heterocycles. The Hall–Kier alpha value is -3.19. The van der Waals surface area contributed by atoms with Gasteiger partial charge in [0.1, 0.15) is 18.4 Å². The van der Waals surface area contributed by atoms with Crippen molar-refractivity contribution in [2.45, 2.75) is 71.1 Å². The quantitative estimate of drug-likeness (QED) is 0.260. The molecule has 1 aromatic heterocycles. The van der Waals surface area contributed by atoms with Gasteiger partial charge in [-0.2, -0.15) is 5.10 Å². The smallest absolute Gasteiger partial charge is 0.356 e. The fourth-order valence-electron chi connectivity index (χ4n) is 3.46. The van der Waals surface area contributed by atoms with Crippen LogP contribution in [0.2, 0.25) is 0 Å². The van der Waals surface area contributed by atoms with Crippen molar-refractivity contribution < 1.29 is 52.4 Å². The van der Waals surface area contributed by atoms with Crippen LogP contribution < -0.4 is 0 Å². The minimum absolute atomic E-state index is 0.0544. The van der Waals surface area contributed by atoms with Gasteiger partial charge in [-0.25, -0.2) is 9.48 Å². The van der Waals surface area contributed by atoms with Crippen LogP contribution in [-0.4, -0.2) is 77.3 Å². The molecular formula is C21H27ClN2O11. The van der Waals surface area contributed by atoms with Gasteiger partial charge in [0.15, 0.2) is 24.5 Å². The number of hydrogen-bond acceptors (Lipinski definition) is 12. The van der Waals surface area contributed by atoms with Crippen LogP contribution in [-0.2, 0) is 53.5 Å². The number of aromatic nitrogens is 2. The van der Waals surface area contributed by atoms with E-state index in [-0.39, 0.29) is 23.9 Å². The Morgan fingerprint density at radius 1 is 0.914 bits per heavy atom. The van der Waals surface area contributed by atoms with E-state index in [1.54, 1.807) is 6.92 Å². The highest BCUT2D eigenvalue weighted by Crippen LogP contribution is 2.35. The van der Waals surface area contributed by atoms with Crippen LogP contribution in [0.25, 0.3) is 0 Å². The summed E-state index contributed by atoms with van der Waals surface area (Å²) in [5.41, 5.74) is 0.172. The normalized spacial score (nSPS) is 23.7. The van der Waals surface area contributed by atoms with Gasteiger partial charge in [-0.3, -0.25) is 19.2 Å². The Kier molecular flexibility index (Phi) is 10.0. The van der Waals surface area contributed by atoms with Crippen molar-refractivity contribution in [2.24, 2.45) is 0 Å². The summed E-state index contributed by atoms with van der Waals surface area (Å²) in [5, 5.41) is 4.25. The van der Waals surface area contributed by atoms with Gasteiger partial charge in [-0.15, -0.1) is 11.6 Å². The molecule has 2 rings (SSSR count). The third-order valence-electron chi connectivity index (χ3n) is 4.62. The highest BCUT2D eigenvalue weighted by molar-refractivity contribution is 6.16. The van der Waals surface area contributed by atoms with Crippen molar-refractivity contribution in [2.75, 3.05) is 13.2 Å². The Morgan fingerprint density at radius 2 is 1.49 bits per heavy atom. The number of alkyl halides is 1. The number of carbonyl (C=O) groups is 5. The lowest BCUT2D eigenvalue weighted by Gasteiger charge is -2.44. The molecule has 14 heteroatoms. The van der Waals surface area contributed by atoms with Crippen LogP contribution in [0.15, 0.2) is 6.07 Å². The molecule has 0 radical (unpaired) electrons. The predicted molar refractivity (Wildman–Crippen MR) is 115 cm³/mol. The molecule has 194 valence electrons. The van der Waals surface area contributed by atoms with E-state index in [0.717, 1.165) is 32.4 Å². The summed E-state index contributed by atoms with van der Waals surface area (Å²) in [6.45, 7) is 5.71. The predicted octanol–water partition coefficient (Wildman–Crippen LogP) is 1.05. The Morgan fingerprint density at radius 3 is 2.00 bits per heavy atom. The first-order valence-corrected chi connectivity index (χ1v) is 11.1. The lowest BCUT2D eigenvalue weighted by atomic mass is 9.97. The minimum atomic E-state index is -1.44. The first kappa shape index (κ1) is 28.1. The van der Waals surface area contributed by atoms with E-state index < -0.39 is 67.1 Å². The first-order chi connectivity index (χ1) is 16.5. The molecule has 0 saturated carbocycles. The summed E-state index contributed by atoms with van der Waals surface area (Å²) in [4.78, 5) is 59.9. The third kappa shape index (κ3) is 7.39. The molecule has 0 spiro atoms. The number of esters is 5. The molecule has 0 amide bonds. The molecule has 0 aliphatic carbocycles. The topological polar surface area (TPSA) is 159 Å². The maximum Gasteiger partial charge on any atom is 0.356 e. The van der Waals surface area contributed by atoms with E-state index in [0.29, 0.717) is 0 Å². The zero-order valence-corrected chi connectivity index (χ0v) is 20.6. The fourth-order valence-corrected chi connectivity index (χ4v) is 3.59. The van der Waals surface area contributed by atoms with Crippen molar-refractivity contribution in [3.63, 3.8) is 0 Å². The largest absolute Gasteiger partial charge is 0.463 e. The molecule has 1 fully saturated rings. The molecule has 13 nitrogen and oxygen atoms in total. The first-order valence-electron chi connectivity index (χ1n) is 10.6. The summed E-state index contributed by atoms with van der Waals surface area (Å²) in [5.74, 6) is -3.85. The van der Waals surface area contributed by atoms with Crippen molar-refractivity contribution in [1.82, 2.24) is 9.78 Å². The van der Waals surface area contributed by atoms with Crippen molar-refractivity contribution in [1.29, 1.82) is 0 Å². The molecule has 1 unspecified atom stereocenters. The molecule has 1 aromatic rings. The minimum Gasteiger partial charge on any atom is -0.463 e. The zero-order chi connectivity index (χ0) is 26.3. The van der Waals surface area contributed by atoms with E-state index in [1.165, 1.54) is 6.07 Å². The Balaban J connectivity index is 2.67. The summed E-state index contributed by atoms with van der Waals surface area (Å²) < 4.78 is 33.3. The van der Waals surface area contributed by atoms with Crippen LogP contribution in [0, 0.1) is 0 Å². The molecule has 0 N–H and O–H groups in total.